The Kier molecular flexibility index (Phi) is 5.39. The zero-order valence-corrected chi connectivity index (χ0v) is 12.5. The molecular formula is C16H25N3O. The minimum absolute atomic E-state index is 0.0668. The van der Waals surface area contributed by atoms with Crippen LogP contribution in [0.15, 0.2) is 18.3 Å². The Bertz CT molecular complexity index is 441. The van der Waals surface area contributed by atoms with Crippen LogP contribution < -0.4 is 10.6 Å². The minimum atomic E-state index is -0.0668. The van der Waals surface area contributed by atoms with Gasteiger partial charge in [-0.2, -0.15) is 0 Å². The SMILES string of the molecule is CCNc1ccnc(C(=O)NC(C)C2CCCCC2)c1. The fraction of sp³-hybridized carbons (Fsp3) is 0.625. The lowest BCUT2D eigenvalue weighted by molar-refractivity contribution is 0.0914. The van der Waals surface area contributed by atoms with Crippen LogP contribution in [0, 0.1) is 5.92 Å². The van der Waals surface area contributed by atoms with Crippen molar-refractivity contribution < 1.29 is 4.79 Å². The molecule has 1 unspecified atom stereocenters. The van der Waals surface area contributed by atoms with E-state index >= 15 is 0 Å². The van der Waals surface area contributed by atoms with Crippen molar-refractivity contribution >= 4 is 11.6 Å². The standard InChI is InChI=1S/C16H25N3O/c1-3-17-14-9-10-18-15(11-14)16(20)19-12(2)13-7-5-4-6-8-13/h9-13H,3-8H2,1-2H3,(H,17,18)(H,19,20). The molecule has 0 aromatic carbocycles. The van der Waals surface area contributed by atoms with E-state index in [0.717, 1.165) is 12.2 Å². The fourth-order valence-corrected chi connectivity index (χ4v) is 2.90. The Morgan fingerprint density at radius 1 is 1.40 bits per heavy atom. The van der Waals surface area contributed by atoms with Crippen LogP contribution in [0.3, 0.4) is 0 Å². The number of hydrogen-bond donors (Lipinski definition) is 2. The van der Waals surface area contributed by atoms with Crippen molar-refractivity contribution in [2.24, 2.45) is 5.92 Å². The predicted octanol–water partition coefficient (Wildman–Crippen LogP) is 3.21. The summed E-state index contributed by atoms with van der Waals surface area (Å²) in [6, 6.07) is 3.92. The summed E-state index contributed by atoms with van der Waals surface area (Å²) in [6.07, 6.45) is 8.05. The molecule has 110 valence electrons. The lowest BCUT2D eigenvalue weighted by atomic mass is 9.84. The summed E-state index contributed by atoms with van der Waals surface area (Å²) in [5.41, 5.74) is 1.43. The third kappa shape index (κ3) is 3.95. The van der Waals surface area contributed by atoms with Crippen LogP contribution in [0.2, 0.25) is 0 Å². The molecule has 1 aromatic heterocycles. The molecule has 1 amide bonds. The van der Waals surface area contributed by atoms with Crippen LogP contribution in [0.1, 0.15) is 56.4 Å². The van der Waals surface area contributed by atoms with Crippen LogP contribution in [0.4, 0.5) is 5.69 Å². The first-order chi connectivity index (χ1) is 9.70. The van der Waals surface area contributed by atoms with E-state index in [1.54, 1.807) is 6.20 Å². The van der Waals surface area contributed by atoms with Crippen molar-refractivity contribution in [3.8, 4) is 0 Å². The smallest absolute Gasteiger partial charge is 0.270 e. The first kappa shape index (κ1) is 14.8. The highest BCUT2D eigenvalue weighted by atomic mass is 16.1. The quantitative estimate of drug-likeness (QED) is 0.867. The van der Waals surface area contributed by atoms with Crippen LogP contribution >= 0.6 is 0 Å². The predicted molar refractivity (Wildman–Crippen MR) is 81.9 cm³/mol. The summed E-state index contributed by atoms with van der Waals surface area (Å²) in [4.78, 5) is 16.4. The molecule has 1 aliphatic rings. The number of carbonyl (C=O) groups is 1. The van der Waals surface area contributed by atoms with E-state index in [2.05, 4.69) is 22.5 Å². The Labute approximate surface area is 121 Å². The molecule has 1 aliphatic carbocycles. The molecule has 4 nitrogen and oxygen atoms in total. The van der Waals surface area contributed by atoms with E-state index in [4.69, 9.17) is 0 Å². The number of hydrogen-bond acceptors (Lipinski definition) is 3. The topological polar surface area (TPSA) is 54.0 Å². The maximum absolute atomic E-state index is 12.3. The third-order valence-electron chi connectivity index (χ3n) is 4.09. The van der Waals surface area contributed by atoms with E-state index in [-0.39, 0.29) is 11.9 Å². The number of amides is 1. The molecule has 1 atom stereocenters. The van der Waals surface area contributed by atoms with Gasteiger partial charge in [0.2, 0.25) is 0 Å². The number of rotatable bonds is 5. The number of nitrogens with zero attached hydrogens (tertiary/aromatic N) is 1. The van der Waals surface area contributed by atoms with E-state index in [1.165, 1.54) is 32.1 Å². The van der Waals surface area contributed by atoms with Crippen LogP contribution in [0.25, 0.3) is 0 Å². The van der Waals surface area contributed by atoms with Crippen molar-refractivity contribution in [1.29, 1.82) is 0 Å². The Balaban J connectivity index is 1.94. The van der Waals surface area contributed by atoms with Gasteiger partial charge in [-0.15, -0.1) is 0 Å². The summed E-state index contributed by atoms with van der Waals surface area (Å²) in [7, 11) is 0. The average Bonchev–Trinajstić information content (AvgIpc) is 2.48. The van der Waals surface area contributed by atoms with Gasteiger partial charge < -0.3 is 10.6 Å². The average molecular weight is 275 g/mol. The van der Waals surface area contributed by atoms with Crippen molar-refractivity contribution in [2.45, 2.75) is 52.0 Å². The summed E-state index contributed by atoms with van der Waals surface area (Å²) in [5.74, 6) is 0.549. The van der Waals surface area contributed by atoms with Gasteiger partial charge in [0.05, 0.1) is 0 Å². The maximum Gasteiger partial charge on any atom is 0.270 e. The Hall–Kier alpha value is -1.58. The van der Waals surface area contributed by atoms with E-state index < -0.39 is 0 Å². The largest absolute Gasteiger partial charge is 0.385 e. The first-order valence-corrected chi connectivity index (χ1v) is 7.71. The van der Waals surface area contributed by atoms with Gasteiger partial charge >= 0.3 is 0 Å². The van der Waals surface area contributed by atoms with E-state index in [9.17, 15) is 4.79 Å². The lowest BCUT2D eigenvalue weighted by Gasteiger charge is -2.28. The van der Waals surface area contributed by atoms with Gasteiger partial charge in [-0.25, -0.2) is 0 Å². The number of pyridine rings is 1. The van der Waals surface area contributed by atoms with Gasteiger partial charge in [0.1, 0.15) is 5.69 Å². The zero-order chi connectivity index (χ0) is 14.4. The molecule has 4 heteroatoms. The Morgan fingerprint density at radius 3 is 2.85 bits per heavy atom. The molecule has 1 heterocycles. The lowest BCUT2D eigenvalue weighted by Crippen LogP contribution is -2.39. The number of carbonyl (C=O) groups excluding carboxylic acids is 1. The molecule has 2 rings (SSSR count). The second-order valence-electron chi connectivity index (χ2n) is 5.62. The van der Waals surface area contributed by atoms with Crippen molar-refractivity contribution in [2.75, 3.05) is 11.9 Å². The van der Waals surface area contributed by atoms with E-state index in [1.807, 2.05) is 19.1 Å². The van der Waals surface area contributed by atoms with Crippen LogP contribution in [0.5, 0.6) is 0 Å². The molecule has 1 saturated carbocycles. The summed E-state index contributed by atoms with van der Waals surface area (Å²) in [6.45, 7) is 4.98. The van der Waals surface area contributed by atoms with Crippen LogP contribution in [-0.2, 0) is 0 Å². The molecule has 0 spiro atoms. The van der Waals surface area contributed by atoms with Gasteiger partial charge in [-0.05, 0) is 44.7 Å². The van der Waals surface area contributed by atoms with Gasteiger partial charge in [-0.3, -0.25) is 9.78 Å². The molecule has 1 fully saturated rings. The minimum Gasteiger partial charge on any atom is -0.385 e. The molecule has 0 saturated heterocycles. The van der Waals surface area contributed by atoms with E-state index in [0.29, 0.717) is 11.6 Å². The number of aromatic nitrogens is 1. The molecule has 0 radical (unpaired) electrons. The molecule has 0 bridgehead atoms. The highest BCUT2D eigenvalue weighted by Gasteiger charge is 2.22. The van der Waals surface area contributed by atoms with Crippen molar-refractivity contribution in [1.82, 2.24) is 10.3 Å². The number of nitrogens with one attached hydrogen (secondary N) is 2. The highest BCUT2D eigenvalue weighted by molar-refractivity contribution is 5.93. The third-order valence-corrected chi connectivity index (χ3v) is 4.09. The zero-order valence-electron chi connectivity index (χ0n) is 12.5. The second-order valence-corrected chi connectivity index (χ2v) is 5.62. The first-order valence-electron chi connectivity index (χ1n) is 7.71. The highest BCUT2D eigenvalue weighted by Crippen LogP contribution is 2.26. The van der Waals surface area contributed by atoms with Gasteiger partial charge in [0, 0.05) is 24.5 Å². The van der Waals surface area contributed by atoms with Crippen LogP contribution in [-0.4, -0.2) is 23.5 Å². The maximum atomic E-state index is 12.3. The van der Waals surface area contributed by atoms with Gasteiger partial charge in [0.15, 0.2) is 0 Å². The normalized spacial score (nSPS) is 17.5. The molecule has 1 aromatic rings. The van der Waals surface area contributed by atoms with Crippen molar-refractivity contribution in [3.63, 3.8) is 0 Å². The number of anilines is 1. The van der Waals surface area contributed by atoms with Gasteiger partial charge in [0.25, 0.3) is 5.91 Å². The fourth-order valence-electron chi connectivity index (χ4n) is 2.90. The summed E-state index contributed by atoms with van der Waals surface area (Å²) < 4.78 is 0. The summed E-state index contributed by atoms with van der Waals surface area (Å²) >= 11 is 0. The Morgan fingerprint density at radius 2 is 2.15 bits per heavy atom. The second kappa shape index (κ2) is 7.27. The molecule has 2 N–H and O–H groups in total. The summed E-state index contributed by atoms with van der Waals surface area (Å²) in [5, 5.41) is 6.31. The molecule has 0 aliphatic heterocycles. The van der Waals surface area contributed by atoms with Gasteiger partial charge in [-0.1, -0.05) is 19.3 Å². The molecule has 20 heavy (non-hydrogen) atoms. The molecular weight excluding hydrogens is 250 g/mol. The van der Waals surface area contributed by atoms with Crippen molar-refractivity contribution in [3.05, 3.63) is 24.0 Å². The monoisotopic (exact) mass is 275 g/mol.